The lowest BCUT2D eigenvalue weighted by Crippen LogP contribution is -2.39. The Bertz CT molecular complexity index is 290. The van der Waals surface area contributed by atoms with Crippen molar-refractivity contribution in [3.8, 4) is 0 Å². The Hall–Kier alpha value is -0.170. The average Bonchev–Trinajstić information content (AvgIpc) is 2.46. The van der Waals surface area contributed by atoms with E-state index in [1.54, 1.807) is 0 Å². The van der Waals surface area contributed by atoms with Crippen LogP contribution in [0.25, 0.3) is 0 Å². The molecular weight excluding hydrogens is 218 g/mol. The highest BCUT2D eigenvalue weighted by Crippen LogP contribution is 2.16. The number of aliphatic hydroxyl groups excluding tert-OH is 1. The van der Waals surface area contributed by atoms with E-state index in [4.69, 9.17) is 4.74 Å². The van der Waals surface area contributed by atoms with Crippen molar-refractivity contribution in [2.75, 3.05) is 38.8 Å². The molecule has 0 aromatic carbocycles. The van der Waals surface area contributed by atoms with Gasteiger partial charge in [0.25, 0.3) is 0 Å². The molecule has 0 bridgehead atoms. The molecule has 1 N–H and O–H groups in total. The Morgan fingerprint density at radius 1 is 1.60 bits per heavy atom. The monoisotopic (exact) mass is 237 g/mol. The van der Waals surface area contributed by atoms with E-state index in [1.165, 1.54) is 7.11 Å². The number of likely N-dealkylation sites (N-methyl/N-ethyl adjacent to an activating group) is 1. The van der Waals surface area contributed by atoms with Crippen LogP contribution in [0.15, 0.2) is 0 Å². The van der Waals surface area contributed by atoms with Gasteiger partial charge in [-0.05, 0) is 13.5 Å². The molecule has 6 heteroatoms. The van der Waals surface area contributed by atoms with Gasteiger partial charge in [0.1, 0.15) is 0 Å². The second kappa shape index (κ2) is 5.25. The van der Waals surface area contributed by atoms with Gasteiger partial charge in [-0.15, -0.1) is 0 Å². The van der Waals surface area contributed by atoms with Gasteiger partial charge in [-0.2, -0.15) is 0 Å². The summed E-state index contributed by atoms with van der Waals surface area (Å²) in [5, 5.41) is 9.49. The third-order valence-corrected chi connectivity index (χ3v) is 4.44. The molecule has 1 aliphatic heterocycles. The fourth-order valence-corrected chi connectivity index (χ4v) is 3.65. The van der Waals surface area contributed by atoms with E-state index in [9.17, 15) is 13.5 Å². The Morgan fingerprint density at radius 2 is 2.27 bits per heavy atom. The highest BCUT2D eigenvalue weighted by molar-refractivity contribution is 7.91. The molecule has 0 saturated carbocycles. The molecule has 0 aromatic heterocycles. The van der Waals surface area contributed by atoms with E-state index in [0.717, 1.165) is 0 Å². The van der Waals surface area contributed by atoms with Gasteiger partial charge in [-0.25, -0.2) is 8.42 Å². The van der Waals surface area contributed by atoms with Crippen LogP contribution in [0.5, 0.6) is 0 Å². The van der Waals surface area contributed by atoms with Crippen molar-refractivity contribution in [3.05, 3.63) is 0 Å². The molecule has 2 unspecified atom stereocenters. The van der Waals surface area contributed by atoms with E-state index >= 15 is 0 Å². The lowest BCUT2D eigenvalue weighted by molar-refractivity contribution is 0.0365. The third kappa shape index (κ3) is 4.06. The van der Waals surface area contributed by atoms with Gasteiger partial charge >= 0.3 is 0 Å². The van der Waals surface area contributed by atoms with Crippen LogP contribution in [0.4, 0.5) is 0 Å². The lowest BCUT2D eigenvalue weighted by atomic mass is 10.2. The van der Waals surface area contributed by atoms with E-state index in [0.29, 0.717) is 13.0 Å². The maximum absolute atomic E-state index is 11.2. The smallest absolute Gasteiger partial charge is 0.151 e. The Labute approximate surface area is 90.9 Å². The van der Waals surface area contributed by atoms with Gasteiger partial charge < -0.3 is 9.84 Å². The highest BCUT2D eigenvalue weighted by atomic mass is 32.2. The number of hydrogen-bond acceptors (Lipinski definition) is 5. The molecule has 1 aliphatic rings. The van der Waals surface area contributed by atoms with Crippen LogP contribution in [0.3, 0.4) is 0 Å². The van der Waals surface area contributed by atoms with Crippen molar-refractivity contribution in [2.24, 2.45) is 0 Å². The summed E-state index contributed by atoms with van der Waals surface area (Å²) in [4.78, 5) is 1.90. The summed E-state index contributed by atoms with van der Waals surface area (Å²) < 4.78 is 27.3. The Morgan fingerprint density at radius 3 is 2.73 bits per heavy atom. The first-order valence-electron chi connectivity index (χ1n) is 5.02. The standard InChI is InChI=1S/C9H19NO4S/c1-10(5-9(11)6-14-2)8-3-4-15(12,13)7-8/h8-9,11H,3-7H2,1-2H3. The second-order valence-corrected chi connectivity index (χ2v) is 6.33. The number of aliphatic hydroxyl groups is 1. The molecule has 0 aliphatic carbocycles. The Kier molecular flexibility index (Phi) is 4.51. The van der Waals surface area contributed by atoms with Crippen LogP contribution in [0.2, 0.25) is 0 Å². The number of ether oxygens (including phenoxy) is 1. The van der Waals surface area contributed by atoms with Crippen molar-refractivity contribution in [1.82, 2.24) is 4.90 Å². The van der Waals surface area contributed by atoms with Crippen LogP contribution in [-0.2, 0) is 14.6 Å². The van der Waals surface area contributed by atoms with Gasteiger partial charge in [0.2, 0.25) is 0 Å². The number of hydrogen-bond donors (Lipinski definition) is 1. The minimum Gasteiger partial charge on any atom is -0.389 e. The Balaban J connectivity index is 2.38. The topological polar surface area (TPSA) is 66.8 Å². The predicted molar refractivity (Wildman–Crippen MR) is 57.6 cm³/mol. The predicted octanol–water partition coefficient (Wildman–Crippen LogP) is -0.887. The highest BCUT2D eigenvalue weighted by Gasteiger charge is 2.31. The summed E-state index contributed by atoms with van der Waals surface area (Å²) in [5.41, 5.74) is 0. The first-order valence-corrected chi connectivity index (χ1v) is 6.84. The molecule has 0 spiro atoms. The minimum atomic E-state index is -2.84. The number of nitrogens with zero attached hydrogens (tertiary/aromatic N) is 1. The van der Waals surface area contributed by atoms with Crippen LogP contribution in [-0.4, -0.2) is 69.4 Å². The maximum Gasteiger partial charge on any atom is 0.151 e. The molecule has 0 aromatic rings. The quantitative estimate of drug-likeness (QED) is 0.672. The molecule has 90 valence electrons. The molecule has 1 rings (SSSR count). The van der Waals surface area contributed by atoms with Crippen LogP contribution < -0.4 is 0 Å². The van der Waals surface area contributed by atoms with Gasteiger partial charge in [0.15, 0.2) is 9.84 Å². The summed E-state index contributed by atoms with van der Waals surface area (Å²) >= 11 is 0. The van der Waals surface area contributed by atoms with Gasteiger partial charge in [0.05, 0.1) is 24.2 Å². The molecular formula is C9H19NO4S. The number of rotatable bonds is 5. The SMILES string of the molecule is COCC(O)CN(C)C1CCS(=O)(=O)C1. The normalized spacial score (nSPS) is 27.1. The first kappa shape index (κ1) is 12.9. The third-order valence-electron chi connectivity index (χ3n) is 2.69. The zero-order valence-electron chi connectivity index (χ0n) is 9.22. The first-order chi connectivity index (χ1) is 6.94. The maximum atomic E-state index is 11.2. The summed E-state index contributed by atoms with van der Waals surface area (Å²) in [6.07, 6.45) is 0.113. The number of sulfone groups is 1. The minimum absolute atomic E-state index is 0.0431. The summed E-state index contributed by atoms with van der Waals surface area (Å²) in [5.74, 6) is 0.478. The lowest BCUT2D eigenvalue weighted by Gasteiger charge is -2.25. The summed E-state index contributed by atoms with van der Waals surface area (Å²) in [6, 6.07) is 0.0431. The van der Waals surface area contributed by atoms with E-state index in [2.05, 4.69) is 0 Å². The van der Waals surface area contributed by atoms with E-state index in [1.807, 2.05) is 11.9 Å². The van der Waals surface area contributed by atoms with Gasteiger partial charge in [-0.3, -0.25) is 4.90 Å². The van der Waals surface area contributed by atoms with Gasteiger partial charge in [0, 0.05) is 19.7 Å². The van der Waals surface area contributed by atoms with Crippen LogP contribution in [0.1, 0.15) is 6.42 Å². The van der Waals surface area contributed by atoms with Crippen molar-refractivity contribution in [2.45, 2.75) is 18.6 Å². The second-order valence-electron chi connectivity index (χ2n) is 4.11. The van der Waals surface area contributed by atoms with Crippen molar-refractivity contribution in [1.29, 1.82) is 0 Å². The molecule has 2 atom stereocenters. The summed E-state index contributed by atoms with van der Waals surface area (Å²) in [7, 11) is 0.526. The molecule has 1 fully saturated rings. The molecule has 1 heterocycles. The zero-order chi connectivity index (χ0) is 11.5. The van der Waals surface area contributed by atoms with Crippen molar-refractivity contribution < 1.29 is 18.3 Å². The molecule has 0 amide bonds. The van der Waals surface area contributed by atoms with Gasteiger partial charge in [-0.1, -0.05) is 0 Å². The number of methoxy groups -OCH3 is 1. The largest absolute Gasteiger partial charge is 0.389 e. The van der Waals surface area contributed by atoms with Crippen molar-refractivity contribution in [3.63, 3.8) is 0 Å². The molecule has 5 nitrogen and oxygen atoms in total. The van der Waals surface area contributed by atoms with Crippen LogP contribution >= 0.6 is 0 Å². The fraction of sp³-hybridized carbons (Fsp3) is 1.00. The van der Waals surface area contributed by atoms with E-state index < -0.39 is 15.9 Å². The molecule has 1 saturated heterocycles. The van der Waals surface area contributed by atoms with Crippen molar-refractivity contribution >= 4 is 9.84 Å². The molecule has 15 heavy (non-hydrogen) atoms. The van der Waals surface area contributed by atoms with E-state index in [-0.39, 0.29) is 24.2 Å². The van der Waals surface area contributed by atoms with Crippen LogP contribution in [0, 0.1) is 0 Å². The summed E-state index contributed by atoms with van der Waals surface area (Å²) in [6.45, 7) is 0.734. The molecule has 0 radical (unpaired) electrons. The zero-order valence-corrected chi connectivity index (χ0v) is 10.0. The fourth-order valence-electron chi connectivity index (χ4n) is 1.85. The average molecular weight is 237 g/mol.